The van der Waals surface area contributed by atoms with Gasteiger partial charge in [-0.1, -0.05) is 30.3 Å². The average Bonchev–Trinajstić information content (AvgIpc) is 2.42. The number of carbonyl (C=O) groups is 1. The Morgan fingerprint density at radius 2 is 1.89 bits per heavy atom. The molecular weight excluding hydrogens is 238 g/mol. The molecule has 1 N–H and O–H groups in total. The zero-order valence-corrected chi connectivity index (χ0v) is 11.4. The smallest absolute Gasteiger partial charge is 0.303 e. The fraction of sp³-hybridized carbons (Fsp3) is 0.562. The van der Waals surface area contributed by atoms with Crippen molar-refractivity contribution in [1.82, 2.24) is 4.90 Å². The summed E-state index contributed by atoms with van der Waals surface area (Å²) in [6.45, 7) is 3.18. The molecule has 0 bridgehead atoms. The number of hydrogen-bond donors (Lipinski definition) is 1. The van der Waals surface area contributed by atoms with Crippen LogP contribution in [-0.2, 0) is 11.2 Å². The van der Waals surface area contributed by atoms with Gasteiger partial charge in [-0.3, -0.25) is 4.79 Å². The Bertz CT molecular complexity index is 383. The van der Waals surface area contributed by atoms with Crippen LogP contribution in [0.3, 0.4) is 0 Å². The number of benzene rings is 1. The third kappa shape index (κ3) is 5.03. The third-order valence-electron chi connectivity index (χ3n) is 3.94. The summed E-state index contributed by atoms with van der Waals surface area (Å²) < 4.78 is 0. The topological polar surface area (TPSA) is 40.5 Å². The van der Waals surface area contributed by atoms with Crippen molar-refractivity contribution in [3.63, 3.8) is 0 Å². The van der Waals surface area contributed by atoms with Gasteiger partial charge in [0.1, 0.15) is 0 Å². The SMILES string of the molecule is O=C(O)CCCN1CCC(Cc2ccccc2)CC1. The van der Waals surface area contributed by atoms with E-state index in [1.807, 2.05) is 0 Å². The highest BCUT2D eigenvalue weighted by molar-refractivity contribution is 5.66. The lowest BCUT2D eigenvalue weighted by atomic mass is 9.90. The van der Waals surface area contributed by atoms with Crippen LogP contribution in [0.4, 0.5) is 0 Å². The summed E-state index contributed by atoms with van der Waals surface area (Å²) >= 11 is 0. The van der Waals surface area contributed by atoms with E-state index >= 15 is 0 Å². The minimum atomic E-state index is -0.682. The van der Waals surface area contributed by atoms with Gasteiger partial charge in [0, 0.05) is 6.42 Å². The zero-order chi connectivity index (χ0) is 13.5. The Kier molecular flexibility index (Phi) is 5.40. The Morgan fingerprint density at radius 1 is 1.21 bits per heavy atom. The van der Waals surface area contributed by atoms with Gasteiger partial charge in [0.2, 0.25) is 0 Å². The largest absolute Gasteiger partial charge is 0.481 e. The summed E-state index contributed by atoms with van der Waals surface area (Å²) in [5.74, 6) is 0.108. The fourth-order valence-electron chi connectivity index (χ4n) is 2.82. The van der Waals surface area contributed by atoms with Crippen molar-refractivity contribution >= 4 is 5.97 Å². The van der Waals surface area contributed by atoms with E-state index in [0.29, 0.717) is 6.42 Å². The molecule has 0 unspecified atom stereocenters. The van der Waals surface area contributed by atoms with E-state index < -0.39 is 5.97 Å². The summed E-state index contributed by atoms with van der Waals surface area (Å²) in [6, 6.07) is 10.7. The van der Waals surface area contributed by atoms with Gasteiger partial charge >= 0.3 is 5.97 Å². The number of carboxylic acid groups (broad SMARTS) is 1. The van der Waals surface area contributed by atoms with Crippen LogP contribution in [0.1, 0.15) is 31.2 Å². The van der Waals surface area contributed by atoms with E-state index in [2.05, 4.69) is 35.2 Å². The maximum absolute atomic E-state index is 10.5. The van der Waals surface area contributed by atoms with E-state index in [0.717, 1.165) is 32.0 Å². The number of nitrogens with zero attached hydrogens (tertiary/aromatic N) is 1. The minimum Gasteiger partial charge on any atom is -0.481 e. The number of likely N-dealkylation sites (tertiary alicyclic amines) is 1. The molecule has 2 rings (SSSR count). The molecule has 0 spiro atoms. The Balaban J connectivity index is 1.66. The van der Waals surface area contributed by atoms with E-state index in [1.165, 1.54) is 24.8 Å². The van der Waals surface area contributed by atoms with Gasteiger partial charge in [-0.25, -0.2) is 0 Å². The highest BCUT2D eigenvalue weighted by Gasteiger charge is 2.19. The predicted octanol–water partition coefficient (Wildman–Crippen LogP) is 2.81. The summed E-state index contributed by atoms with van der Waals surface area (Å²) in [7, 11) is 0. The molecule has 0 atom stereocenters. The van der Waals surface area contributed by atoms with Gasteiger partial charge in [-0.15, -0.1) is 0 Å². The molecule has 104 valence electrons. The van der Waals surface area contributed by atoms with Crippen LogP contribution in [0.15, 0.2) is 30.3 Å². The normalized spacial score (nSPS) is 17.5. The molecule has 3 nitrogen and oxygen atoms in total. The van der Waals surface area contributed by atoms with Crippen LogP contribution in [0, 0.1) is 5.92 Å². The van der Waals surface area contributed by atoms with Crippen LogP contribution in [-0.4, -0.2) is 35.6 Å². The molecule has 0 saturated carbocycles. The maximum Gasteiger partial charge on any atom is 0.303 e. The Morgan fingerprint density at radius 3 is 2.53 bits per heavy atom. The van der Waals surface area contributed by atoms with Gasteiger partial charge in [0.05, 0.1) is 0 Å². The standard InChI is InChI=1S/C16H23NO2/c18-16(19)7-4-10-17-11-8-15(9-12-17)13-14-5-2-1-3-6-14/h1-3,5-6,15H,4,7-13H2,(H,18,19). The monoisotopic (exact) mass is 261 g/mol. The predicted molar refractivity (Wildman–Crippen MR) is 76.2 cm³/mol. The Labute approximate surface area is 115 Å². The van der Waals surface area contributed by atoms with Crippen LogP contribution < -0.4 is 0 Å². The summed E-state index contributed by atoms with van der Waals surface area (Å²) in [4.78, 5) is 12.9. The lowest BCUT2D eigenvalue weighted by Gasteiger charge is -2.31. The molecule has 0 aliphatic carbocycles. The first-order chi connectivity index (χ1) is 9.24. The van der Waals surface area contributed by atoms with Crippen molar-refractivity contribution in [2.45, 2.75) is 32.1 Å². The van der Waals surface area contributed by atoms with Crippen molar-refractivity contribution in [1.29, 1.82) is 0 Å². The summed E-state index contributed by atoms with van der Waals surface area (Å²) in [5.41, 5.74) is 1.44. The first-order valence-electron chi connectivity index (χ1n) is 7.22. The maximum atomic E-state index is 10.5. The van der Waals surface area contributed by atoms with Crippen molar-refractivity contribution in [3.8, 4) is 0 Å². The highest BCUT2D eigenvalue weighted by atomic mass is 16.4. The molecular formula is C16H23NO2. The van der Waals surface area contributed by atoms with E-state index in [4.69, 9.17) is 5.11 Å². The highest BCUT2D eigenvalue weighted by Crippen LogP contribution is 2.21. The second-order valence-corrected chi connectivity index (χ2v) is 5.47. The van der Waals surface area contributed by atoms with Crippen LogP contribution in [0.5, 0.6) is 0 Å². The second-order valence-electron chi connectivity index (χ2n) is 5.47. The van der Waals surface area contributed by atoms with Gasteiger partial charge in [-0.2, -0.15) is 0 Å². The van der Waals surface area contributed by atoms with Gasteiger partial charge < -0.3 is 10.0 Å². The minimum absolute atomic E-state index is 0.296. The molecule has 1 heterocycles. The second kappa shape index (κ2) is 7.29. The third-order valence-corrected chi connectivity index (χ3v) is 3.94. The number of hydrogen-bond acceptors (Lipinski definition) is 2. The first-order valence-corrected chi connectivity index (χ1v) is 7.22. The number of aliphatic carboxylic acids is 1. The summed E-state index contributed by atoms with van der Waals surface area (Å²) in [5, 5.41) is 8.63. The molecule has 1 saturated heterocycles. The molecule has 0 aromatic heterocycles. The van der Waals surface area contributed by atoms with Crippen molar-refractivity contribution in [3.05, 3.63) is 35.9 Å². The van der Waals surface area contributed by atoms with Gasteiger partial charge in [0.25, 0.3) is 0 Å². The van der Waals surface area contributed by atoms with Gasteiger partial charge in [0.15, 0.2) is 0 Å². The lowest BCUT2D eigenvalue weighted by Crippen LogP contribution is -2.35. The molecule has 3 heteroatoms. The van der Waals surface area contributed by atoms with Crippen LogP contribution in [0.2, 0.25) is 0 Å². The van der Waals surface area contributed by atoms with Crippen LogP contribution >= 0.6 is 0 Å². The molecule has 1 fully saturated rings. The van der Waals surface area contributed by atoms with E-state index in [-0.39, 0.29) is 0 Å². The quantitative estimate of drug-likeness (QED) is 0.856. The van der Waals surface area contributed by atoms with Gasteiger partial charge in [-0.05, 0) is 56.8 Å². The average molecular weight is 261 g/mol. The van der Waals surface area contributed by atoms with Crippen molar-refractivity contribution in [2.75, 3.05) is 19.6 Å². The van der Waals surface area contributed by atoms with Crippen LogP contribution in [0.25, 0.3) is 0 Å². The zero-order valence-electron chi connectivity index (χ0n) is 11.4. The lowest BCUT2D eigenvalue weighted by molar-refractivity contribution is -0.137. The number of carboxylic acids is 1. The number of rotatable bonds is 6. The molecule has 0 amide bonds. The van der Waals surface area contributed by atoms with E-state index in [9.17, 15) is 4.79 Å². The van der Waals surface area contributed by atoms with Crippen molar-refractivity contribution < 1.29 is 9.90 Å². The van der Waals surface area contributed by atoms with Crippen molar-refractivity contribution in [2.24, 2.45) is 5.92 Å². The first kappa shape index (κ1) is 14.1. The molecule has 1 aromatic carbocycles. The molecule has 1 aliphatic rings. The van der Waals surface area contributed by atoms with E-state index in [1.54, 1.807) is 0 Å². The Hall–Kier alpha value is -1.35. The molecule has 0 radical (unpaired) electrons. The molecule has 1 aliphatic heterocycles. The fourth-order valence-corrected chi connectivity index (χ4v) is 2.82. The molecule has 1 aromatic rings. The number of piperidine rings is 1. The summed E-state index contributed by atoms with van der Waals surface area (Å²) in [6.07, 6.45) is 4.73. The molecule has 19 heavy (non-hydrogen) atoms.